The molecule has 2 nitrogen and oxygen atoms in total. The Hall–Kier alpha value is -0.0800. The van der Waals surface area contributed by atoms with E-state index in [0.717, 1.165) is 12.5 Å². The summed E-state index contributed by atoms with van der Waals surface area (Å²) in [6.07, 6.45) is 11.0. The molecule has 2 N–H and O–H groups in total. The van der Waals surface area contributed by atoms with E-state index in [4.69, 9.17) is 10.5 Å². The molecule has 2 unspecified atom stereocenters. The van der Waals surface area contributed by atoms with Crippen molar-refractivity contribution >= 4 is 0 Å². The van der Waals surface area contributed by atoms with Crippen LogP contribution in [0.3, 0.4) is 0 Å². The Bertz CT molecular complexity index is 166. The zero-order chi connectivity index (χ0) is 9.80. The first-order valence-corrected chi connectivity index (χ1v) is 6.23. The van der Waals surface area contributed by atoms with Gasteiger partial charge >= 0.3 is 0 Å². The molecule has 2 atom stereocenters. The summed E-state index contributed by atoms with van der Waals surface area (Å²) in [7, 11) is 0. The van der Waals surface area contributed by atoms with Crippen molar-refractivity contribution in [2.24, 2.45) is 11.7 Å². The number of hydrogen-bond acceptors (Lipinski definition) is 2. The summed E-state index contributed by atoms with van der Waals surface area (Å²) in [4.78, 5) is 0. The highest BCUT2D eigenvalue weighted by Crippen LogP contribution is 2.27. The Kier molecular flexibility index (Phi) is 3.82. The molecule has 2 saturated carbocycles. The van der Waals surface area contributed by atoms with Gasteiger partial charge in [0, 0.05) is 12.6 Å². The molecule has 14 heavy (non-hydrogen) atoms. The molecule has 0 saturated heterocycles. The third-order valence-corrected chi connectivity index (χ3v) is 3.86. The number of hydrogen-bond donors (Lipinski definition) is 1. The molecule has 0 aromatic rings. The van der Waals surface area contributed by atoms with Gasteiger partial charge in [0.2, 0.25) is 0 Å². The minimum atomic E-state index is 0.460. The van der Waals surface area contributed by atoms with Gasteiger partial charge in [0.05, 0.1) is 6.10 Å². The van der Waals surface area contributed by atoms with Crippen LogP contribution in [0.2, 0.25) is 0 Å². The van der Waals surface area contributed by atoms with Crippen molar-refractivity contribution in [2.75, 3.05) is 6.61 Å². The summed E-state index contributed by atoms with van der Waals surface area (Å²) in [5, 5.41) is 0. The van der Waals surface area contributed by atoms with Gasteiger partial charge in [-0.05, 0) is 38.0 Å². The number of ether oxygens (including phenoxy) is 1. The van der Waals surface area contributed by atoms with Crippen molar-refractivity contribution in [3.05, 3.63) is 0 Å². The monoisotopic (exact) mass is 197 g/mol. The second kappa shape index (κ2) is 5.13. The molecule has 0 aromatic carbocycles. The smallest absolute Gasteiger partial charge is 0.0575 e. The minimum absolute atomic E-state index is 0.460. The molecule has 0 radical (unpaired) electrons. The lowest BCUT2D eigenvalue weighted by Gasteiger charge is -2.17. The number of rotatable bonds is 4. The van der Waals surface area contributed by atoms with Gasteiger partial charge in [0.15, 0.2) is 0 Å². The largest absolute Gasteiger partial charge is 0.378 e. The highest BCUT2D eigenvalue weighted by atomic mass is 16.5. The quantitative estimate of drug-likeness (QED) is 0.751. The Morgan fingerprint density at radius 3 is 2.43 bits per heavy atom. The summed E-state index contributed by atoms with van der Waals surface area (Å²) >= 11 is 0. The molecule has 0 amide bonds. The zero-order valence-electron chi connectivity index (χ0n) is 9.08. The van der Waals surface area contributed by atoms with E-state index < -0.39 is 0 Å². The maximum absolute atomic E-state index is 6.02. The van der Waals surface area contributed by atoms with Gasteiger partial charge in [0.25, 0.3) is 0 Å². The molecule has 2 heteroatoms. The lowest BCUT2D eigenvalue weighted by atomic mass is 10.0. The summed E-state index contributed by atoms with van der Waals surface area (Å²) < 4.78 is 5.86. The molecular formula is C12H23NO. The lowest BCUT2D eigenvalue weighted by Crippen LogP contribution is -2.25. The fourth-order valence-electron chi connectivity index (χ4n) is 2.87. The molecule has 0 aromatic heterocycles. The summed E-state index contributed by atoms with van der Waals surface area (Å²) in [6.45, 7) is 0.947. The van der Waals surface area contributed by atoms with E-state index in [1.165, 1.54) is 51.4 Å². The van der Waals surface area contributed by atoms with Crippen LogP contribution in [0.1, 0.15) is 51.4 Å². The van der Waals surface area contributed by atoms with Crippen molar-refractivity contribution < 1.29 is 4.74 Å². The van der Waals surface area contributed by atoms with E-state index in [2.05, 4.69) is 0 Å². The zero-order valence-corrected chi connectivity index (χ0v) is 9.08. The van der Waals surface area contributed by atoms with Gasteiger partial charge in [-0.25, -0.2) is 0 Å². The maximum atomic E-state index is 6.02. The molecule has 82 valence electrons. The van der Waals surface area contributed by atoms with Crippen LogP contribution in [0, 0.1) is 5.92 Å². The molecule has 0 spiro atoms. The topological polar surface area (TPSA) is 35.2 Å². The van der Waals surface area contributed by atoms with Crippen LogP contribution in [0.15, 0.2) is 0 Å². The fraction of sp³-hybridized carbons (Fsp3) is 1.00. The second-order valence-electron chi connectivity index (χ2n) is 4.92. The average molecular weight is 197 g/mol. The Labute approximate surface area is 87.2 Å². The van der Waals surface area contributed by atoms with Crippen LogP contribution in [0.4, 0.5) is 0 Å². The molecule has 2 fully saturated rings. The second-order valence-corrected chi connectivity index (χ2v) is 4.92. The highest BCUT2D eigenvalue weighted by molar-refractivity contribution is 4.80. The van der Waals surface area contributed by atoms with Crippen molar-refractivity contribution in [3.63, 3.8) is 0 Å². The van der Waals surface area contributed by atoms with E-state index in [9.17, 15) is 0 Å². The first-order valence-electron chi connectivity index (χ1n) is 6.23. The van der Waals surface area contributed by atoms with Crippen LogP contribution in [-0.2, 0) is 4.74 Å². The standard InChI is InChI=1S/C12H23NO/c13-12-7-3-4-10(12)8-9-14-11-5-1-2-6-11/h10-12H,1-9,13H2. The lowest BCUT2D eigenvalue weighted by molar-refractivity contribution is 0.0486. The predicted octanol–water partition coefficient (Wildman–Crippen LogP) is 2.46. The predicted molar refractivity (Wildman–Crippen MR) is 58.1 cm³/mol. The van der Waals surface area contributed by atoms with E-state index in [0.29, 0.717) is 12.1 Å². The van der Waals surface area contributed by atoms with E-state index in [-0.39, 0.29) is 0 Å². The van der Waals surface area contributed by atoms with Crippen LogP contribution in [0.25, 0.3) is 0 Å². The van der Waals surface area contributed by atoms with Crippen LogP contribution < -0.4 is 5.73 Å². The van der Waals surface area contributed by atoms with Gasteiger partial charge < -0.3 is 10.5 Å². The van der Waals surface area contributed by atoms with E-state index in [1.807, 2.05) is 0 Å². The Morgan fingerprint density at radius 1 is 1.00 bits per heavy atom. The van der Waals surface area contributed by atoms with Gasteiger partial charge in [0.1, 0.15) is 0 Å². The van der Waals surface area contributed by atoms with Crippen molar-refractivity contribution in [1.82, 2.24) is 0 Å². The van der Waals surface area contributed by atoms with Gasteiger partial charge in [-0.15, -0.1) is 0 Å². The first kappa shape index (κ1) is 10.4. The molecule has 2 aliphatic rings. The summed E-state index contributed by atoms with van der Waals surface area (Å²) in [5.41, 5.74) is 6.02. The maximum Gasteiger partial charge on any atom is 0.0575 e. The minimum Gasteiger partial charge on any atom is -0.378 e. The molecule has 0 heterocycles. The molecule has 2 aliphatic carbocycles. The van der Waals surface area contributed by atoms with E-state index >= 15 is 0 Å². The molecule has 0 bridgehead atoms. The van der Waals surface area contributed by atoms with Crippen molar-refractivity contribution in [3.8, 4) is 0 Å². The van der Waals surface area contributed by atoms with Crippen molar-refractivity contribution in [2.45, 2.75) is 63.5 Å². The third-order valence-electron chi connectivity index (χ3n) is 3.86. The Morgan fingerprint density at radius 2 is 1.79 bits per heavy atom. The van der Waals surface area contributed by atoms with Crippen LogP contribution in [0.5, 0.6) is 0 Å². The summed E-state index contributed by atoms with van der Waals surface area (Å²) in [5.74, 6) is 0.747. The SMILES string of the molecule is NC1CCCC1CCOC1CCCC1. The first-order chi connectivity index (χ1) is 6.86. The normalized spacial score (nSPS) is 34.1. The van der Waals surface area contributed by atoms with Gasteiger partial charge in [-0.1, -0.05) is 19.3 Å². The van der Waals surface area contributed by atoms with Crippen molar-refractivity contribution in [1.29, 1.82) is 0 Å². The van der Waals surface area contributed by atoms with Crippen LogP contribution >= 0.6 is 0 Å². The highest BCUT2D eigenvalue weighted by Gasteiger charge is 2.24. The molecule has 2 rings (SSSR count). The molecule has 0 aliphatic heterocycles. The fourth-order valence-corrected chi connectivity index (χ4v) is 2.87. The molecular weight excluding hydrogens is 174 g/mol. The van der Waals surface area contributed by atoms with Crippen LogP contribution in [-0.4, -0.2) is 18.8 Å². The summed E-state index contributed by atoms with van der Waals surface area (Å²) in [6, 6.07) is 0.460. The number of nitrogens with two attached hydrogens (primary N) is 1. The third kappa shape index (κ3) is 2.71. The Balaban J connectivity index is 1.57. The van der Waals surface area contributed by atoms with E-state index in [1.54, 1.807) is 0 Å². The average Bonchev–Trinajstić information content (AvgIpc) is 2.78. The van der Waals surface area contributed by atoms with Gasteiger partial charge in [-0.2, -0.15) is 0 Å². The van der Waals surface area contributed by atoms with Gasteiger partial charge in [-0.3, -0.25) is 0 Å².